The minimum atomic E-state index is -2.81. The van der Waals surface area contributed by atoms with Crippen LogP contribution < -0.4 is 10.9 Å². The maximum Gasteiger partial charge on any atom is 0.333 e. The van der Waals surface area contributed by atoms with Crippen LogP contribution in [-0.4, -0.2) is 39.3 Å². The molecule has 1 N–H and O–H groups in total. The summed E-state index contributed by atoms with van der Waals surface area (Å²) >= 11 is 0. The van der Waals surface area contributed by atoms with Crippen molar-refractivity contribution in [2.75, 3.05) is 5.32 Å². The summed E-state index contributed by atoms with van der Waals surface area (Å²) in [4.78, 5) is 28.8. The summed E-state index contributed by atoms with van der Waals surface area (Å²) in [5.41, 5.74) is 0.567. The summed E-state index contributed by atoms with van der Waals surface area (Å²) in [7, 11) is 0. The van der Waals surface area contributed by atoms with Crippen LogP contribution in [0.5, 0.6) is 0 Å². The Hall–Kier alpha value is -4.86. The molecule has 13 heteroatoms. The number of alkyl halides is 2. The van der Waals surface area contributed by atoms with Crippen molar-refractivity contribution in [2.45, 2.75) is 6.55 Å². The van der Waals surface area contributed by atoms with Crippen LogP contribution in [0.15, 0.2) is 54.0 Å². The highest BCUT2D eigenvalue weighted by Crippen LogP contribution is 2.27. The van der Waals surface area contributed by atoms with Crippen LogP contribution >= 0.6 is 0 Å². The van der Waals surface area contributed by atoms with Crippen molar-refractivity contribution in [3.63, 3.8) is 0 Å². The molecule has 0 aliphatic heterocycles. The molecule has 0 fully saturated rings. The Balaban J connectivity index is 1.77. The number of halogens is 2. The van der Waals surface area contributed by atoms with Gasteiger partial charge in [0.15, 0.2) is 11.5 Å². The Labute approximate surface area is 176 Å². The van der Waals surface area contributed by atoms with Gasteiger partial charge in [-0.3, -0.25) is 9.78 Å². The van der Waals surface area contributed by atoms with E-state index in [-0.39, 0.29) is 28.6 Å². The summed E-state index contributed by atoms with van der Waals surface area (Å²) in [5, 5.41) is 20.8. The summed E-state index contributed by atoms with van der Waals surface area (Å²) in [6.07, 6.45) is 6.19. The highest BCUT2D eigenvalue weighted by atomic mass is 19.3. The van der Waals surface area contributed by atoms with Crippen LogP contribution in [0.1, 0.15) is 12.1 Å². The second-order valence-corrected chi connectivity index (χ2v) is 6.46. The topological polar surface area (TPSA) is 140 Å². The molecular formula is C19H10F2N10O. The van der Waals surface area contributed by atoms with E-state index < -0.39 is 12.1 Å². The molecule has 0 bridgehead atoms. The number of rotatable bonds is 4. The number of para-hydroxylation sites is 1. The largest absolute Gasteiger partial charge is 0.333 e. The second kappa shape index (κ2) is 7.43. The van der Waals surface area contributed by atoms with Gasteiger partial charge in [0.25, 0.3) is 5.56 Å². The number of aromatic nitrogens is 8. The first-order valence-corrected chi connectivity index (χ1v) is 9.05. The van der Waals surface area contributed by atoms with Crippen molar-refractivity contribution in [3.05, 3.63) is 65.1 Å². The summed E-state index contributed by atoms with van der Waals surface area (Å²) in [6.45, 7) is -2.81. The lowest BCUT2D eigenvalue weighted by Gasteiger charge is -2.08. The Kier molecular flexibility index (Phi) is 4.44. The molecule has 0 saturated heterocycles. The van der Waals surface area contributed by atoms with Crippen molar-refractivity contribution < 1.29 is 8.78 Å². The average Bonchev–Trinajstić information content (AvgIpc) is 3.41. The Morgan fingerprint density at radius 3 is 2.81 bits per heavy atom. The predicted octanol–water partition coefficient (Wildman–Crippen LogP) is 2.30. The van der Waals surface area contributed by atoms with Gasteiger partial charge in [-0.1, -0.05) is 6.07 Å². The molecule has 0 amide bonds. The molecule has 0 unspecified atom stereocenters. The number of hydrogen-bond donors (Lipinski definition) is 1. The summed E-state index contributed by atoms with van der Waals surface area (Å²) in [5.74, 6) is 0.163. The molecule has 0 atom stereocenters. The maximum absolute atomic E-state index is 12.9. The molecule has 0 aliphatic rings. The third-order valence-electron chi connectivity index (χ3n) is 4.51. The second-order valence-electron chi connectivity index (χ2n) is 6.46. The number of fused-ring (bicyclic) bond motifs is 3. The Morgan fingerprint density at radius 2 is 2.03 bits per heavy atom. The van der Waals surface area contributed by atoms with E-state index in [1.165, 1.54) is 29.3 Å². The minimum absolute atomic E-state index is 0.0140. The molecule has 11 nitrogen and oxygen atoms in total. The van der Waals surface area contributed by atoms with E-state index in [0.29, 0.717) is 21.2 Å². The predicted molar refractivity (Wildman–Crippen MR) is 107 cm³/mol. The van der Waals surface area contributed by atoms with Crippen LogP contribution in [0.25, 0.3) is 27.9 Å². The number of benzene rings is 1. The average molecular weight is 432 g/mol. The van der Waals surface area contributed by atoms with Gasteiger partial charge in [0.1, 0.15) is 11.8 Å². The van der Waals surface area contributed by atoms with Crippen LogP contribution in [0.3, 0.4) is 0 Å². The Morgan fingerprint density at radius 1 is 1.16 bits per heavy atom. The van der Waals surface area contributed by atoms with Gasteiger partial charge < -0.3 is 5.32 Å². The van der Waals surface area contributed by atoms with E-state index in [1.54, 1.807) is 18.2 Å². The van der Waals surface area contributed by atoms with Crippen LogP contribution in [-0.2, 0) is 0 Å². The fourth-order valence-electron chi connectivity index (χ4n) is 3.07. The third-order valence-corrected chi connectivity index (χ3v) is 4.51. The molecule has 32 heavy (non-hydrogen) atoms. The van der Waals surface area contributed by atoms with E-state index in [9.17, 15) is 18.8 Å². The van der Waals surface area contributed by atoms with Crippen LogP contribution in [0, 0.1) is 11.3 Å². The zero-order chi connectivity index (χ0) is 22.2. The van der Waals surface area contributed by atoms with Crippen molar-refractivity contribution in [1.29, 1.82) is 5.26 Å². The molecule has 0 aliphatic carbocycles. The van der Waals surface area contributed by atoms with Crippen molar-refractivity contribution >= 4 is 28.2 Å². The van der Waals surface area contributed by atoms with Gasteiger partial charge in [0.2, 0.25) is 5.95 Å². The normalized spacial score (nSPS) is 11.2. The Bertz CT molecular complexity index is 1590. The zero-order valence-electron chi connectivity index (χ0n) is 15.9. The molecule has 4 heterocycles. The molecular weight excluding hydrogens is 422 g/mol. The number of nitriles is 1. The highest BCUT2D eigenvalue weighted by Gasteiger charge is 2.19. The van der Waals surface area contributed by atoms with E-state index >= 15 is 0 Å². The first-order chi connectivity index (χ1) is 15.5. The molecule has 5 aromatic rings. The monoisotopic (exact) mass is 432 g/mol. The van der Waals surface area contributed by atoms with Gasteiger partial charge in [-0.05, 0) is 12.1 Å². The lowest BCUT2D eigenvalue weighted by molar-refractivity contribution is 0.0566. The lowest BCUT2D eigenvalue weighted by atomic mass is 10.1. The van der Waals surface area contributed by atoms with E-state index in [0.717, 1.165) is 6.20 Å². The van der Waals surface area contributed by atoms with Gasteiger partial charge in [-0.2, -0.15) is 23.7 Å². The number of nitrogens with one attached hydrogen (secondary N) is 1. The molecule has 0 saturated carbocycles. The van der Waals surface area contributed by atoms with Gasteiger partial charge in [0, 0.05) is 24.0 Å². The standard InChI is InChI=1S/C19H10F2N10O/c20-18(21)30-9-11(7-25-30)15-28-16-12-3-1-2-10(6-22)14(12)27-19(31(16)29-15)26-13-8-23-4-5-24-17(13)32/h1-5,7-9,18H,(H,24,26,27,32). The molecule has 156 valence electrons. The maximum atomic E-state index is 12.9. The van der Waals surface area contributed by atoms with E-state index in [1.807, 2.05) is 0 Å². The zero-order valence-corrected chi connectivity index (χ0v) is 15.9. The van der Waals surface area contributed by atoms with Crippen LogP contribution in [0.2, 0.25) is 0 Å². The third kappa shape index (κ3) is 3.16. The molecule has 1 aromatic carbocycles. The van der Waals surface area contributed by atoms with Crippen molar-refractivity contribution in [3.8, 4) is 17.5 Å². The van der Waals surface area contributed by atoms with Gasteiger partial charge >= 0.3 is 6.55 Å². The van der Waals surface area contributed by atoms with Crippen molar-refractivity contribution in [2.24, 2.45) is 0 Å². The SMILES string of the molecule is N#Cc1cccc2c1nc(Nc1cnccnc1=O)n1nc(-c3cnn(C(F)F)c3)nc21. The molecule has 5 rings (SSSR count). The van der Waals surface area contributed by atoms with Crippen molar-refractivity contribution in [1.82, 2.24) is 39.3 Å². The first-order valence-electron chi connectivity index (χ1n) is 9.05. The smallest absolute Gasteiger partial charge is 0.318 e. The highest BCUT2D eigenvalue weighted by molar-refractivity contribution is 5.96. The van der Waals surface area contributed by atoms with Crippen LogP contribution in [0.4, 0.5) is 20.4 Å². The number of anilines is 2. The van der Waals surface area contributed by atoms with Gasteiger partial charge in [0.05, 0.1) is 29.0 Å². The first kappa shape index (κ1) is 19.1. The van der Waals surface area contributed by atoms with Gasteiger partial charge in [-0.15, -0.1) is 5.10 Å². The number of hydrogen-bond acceptors (Lipinski definition) is 9. The van der Waals surface area contributed by atoms with Gasteiger partial charge in [-0.25, -0.2) is 19.6 Å². The molecule has 0 spiro atoms. The molecule has 4 aromatic heterocycles. The summed E-state index contributed by atoms with van der Waals surface area (Å²) < 4.78 is 27.7. The lowest BCUT2D eigenvalue weighted by Crippen LogP contribution is -2.12. The minimum Gasteiger partial charge on any atom is -0.318 e. The quantitative estimate of drug-likeness (QED) is 0.453. The fourth-order valence-corrected chi connectivity index (χ4v) is 3.07. The number of nitrogens with zero attached hydrogens (tertiary/aromatic N) is 9. The molecule has 0 radical (unpaired) electrons. The fraction of sp³-hybridized carbons (Fsp3) is 0.0526. The van der Waals surface area contributed by atoms with E-state index in [2.05, 4.69) is 41.5 Å². The van der Waals surface area contributed by atoms with E-state index in [4.69, 9.17) is 0 Å². The summed E-state index contributed by atoms with van der Waals surface area (Å²) in [6, 6.07) is 7.02.